The van der Waals surface area contributed by atoms with Crippen LogP contribution in [-0.2, 0) is 6.61 Å². The Morgan fingerprint density at radius 2 is 1.88 bits per heavy atom. The molecule has 0 unspecified atom stereocenters. The number of rotatable bonds is 4. The quantitative estimate of drug-likeness (QED) is 0.575. The van der Waals surface area contributed by atoms with E-state index in [4.69, 9.17) is 10.00 Å². The highest BCUT2D eigenvalue weighted by Gasteiger charge is 2.06. The Labute approximate surface area is 144 Å². The Balaban J connectivity index is 1.57. The number of hydrogen-bond donors (Lipinski definition) is 0. The molecule has 0 radical (unpaired) electrons. The van der Waals surface area contributed by atoms with Gasteiger partial charge in [0.25, 0.3) is 0 Å². The number of hydrogen-bond acceptors (Lipinski definition) is 5. The Kier molecular flexibility index (Phi) is 3.81. The molecule has 0 saturated heterocycles. The van der Waals surface area contributed by atoms with Crippen molar-refractivity contribution in [3.63, 3.8) is 0 Å². The van der Waals surface area contributed by atoms with Crippen LogP contribution in [0, 0.1) is 11.3 Å². The topological polar surface area (TPSA) is 76.1 Å². The summed E-state index contributed by atoms with van der Waals surface area (Å²) in [6.45, 7) is 0.326. The van der Waals surface area contributed by atoms with E-state index in [9.17, 15) is 0 Å². The van der Waals surface area contributed by atoms with E-state index < -0.39 is 0 Å². The van der Waals surface area contributed by atoms with Crippen molar-refractivity contribution >= 4 is 5.78 Å². The van der Waals surface area contributed by atoms with Crippen LogP contribution < -0.4 is 4.74 Å². The first-order valence-electron chi connectivity index (χ1n) is 7.70. The van der Waals surface area contributed by atoms with Crippen LogP contribution >= 0.6 is 0 Å². The lowest BCUT2D eigenvalue weighted by Crippen LogP contribution is -1.96. The minimum Gasteiger partial charge on any atom is -0.471 e. The average molecular weight is 327 g/mol. The van der Waals surface area contributed by atoms with Crippen molar-refractivity contribution in [3.05, 3.63) is 78.5 Å². The first kappa shape index (κ1) is 14.8. The average Bonchev–Trinajstić information content (AvgIpc) is 3.09. The van der Waals surface area contributed by atoms with Crippen molar-refractivity contribution < 1.29 is 4.74 Å². The summed E-state index contributed by atoms with van der Waals surface area (Å²) < 4.78 is 7.48. The lowest BCUT2D eigenvalue weighted by Gasteiger charge is -2.02. The van der Waals surface area contributed by atoms with Gasteiger partial charge >= 0.3 is 0 Å². The molecule has 0 N–H and O–H groups in total. The van der Waals surface area contributed by atoms with Crippen molar-refractivity contribution in [2.24, 2.45) is 0 Å². The molecule has 0 saturated carbocycles. The monoisotopic (exact) mass is 327 g/mol. The molecule has 0 aliphatic rings. The van der Waals surface area contributed by atoms with Crippen molar-refractivity contribution in [2.45, 2.75) is 6.61 Å². The summed E-state index contributed by atoms with van der Waals surface area (Å²) in [5, 5.41) is 8.89. The molecule has 6 heteroatoms. The maximum absolute atomic E-state index is 8.89. The van der Waals surface area contributed by atoms with E-state index in [0.29, 0.717) is 23.8 Å². The fourth-order valence-electron chi connectivity index (χ4n) is 2.47. The summed E-state index contributed by atoms with van der Waals surface area (Å²) in [4.78, 5) is 13.0. The Hall–Kier alpha value is -3.72. The summed E-state index contributed by atoms with van der Waals surface area (Å²) in [6.07, 6.45) is 7.30. The van der Waals surface area contributed by atoms with E-state index in [1.807, 2.05) is 41.1 Å². The molecule has 0 amide bonds. The molecule has 0 bridgehead atoms. The highest BCUT2D eigenvalue weighted by molar-refractivity contribution is 5.63. The van der Waals surface area contributed by atoms with Crippen molar-refractivity contribution in [1.82, 2.24) is 19.4 Å². The molecule has 0 aliphatic heterocycles. The second kappa shape index (κ2) is 6.42. The lowest BCUT2D eigenvalue weighted by molar-refractivity contribution is 0.290. The first-order valence-corrected chi connectivity index (χ1v) is 7.70. The number of ether oxygens (including phenoxy) is 1. The summed E-state index contributed by atoms with van der Waals surface area (Å²) in [7, 11) is 0. The van der Waals surface area contributed by atoms with Gasteiger partial charge in [-0.05, 0) is 23.8 Å². The maximum atomic E-state index is 8.89. The fourth-order valence-corrected chi connectivity index (χ4v) is 2.47. The van der Waals surface area contributed by atoms with Crippen LogP contribution in [0.4, 0.5) is 0 Å². The van der Waals surface area contributed by atoms with E-state index in [1.165, 1.54) is 0 Å². The Morgan fingerprint density at radius 1 is 1.00 bits per heavy atom. The summed E-state index contributed by atoms with van der Waals surface area (Å²) in [5.74, 6) is 1.17. The van der Waals surface area contributed by atoms with Crippen LogP contribution in [0.2, 0.25) is 0 Å². The molecule has 120 valence electrons. The number of aromatic nitrogens is 4. The van der Waals surface area contributed by atoms with Gasteiger partial charge in [-0.1, -0.05) is 18.2 Å². The summed E-state index contributed by atoms with van der Waals surface area (Å²) in [5.41, 5.74) is 3.35. The number of fused-ring (bicyclic) bond motifs is 1. The first-order chi connectivity index (χ1) is 12.3. The number of nitriles is 1. The maximum Gasteiger partial charge on any atom is 0.234 e. The van der Waals surface area contributed by atoms with E-state index in [-0.39, 0.29) is 0 Å². The molecule has 4 rings (SSSR count). The van der Waals surface area contributed by atoms with Gasteiger partial charge in [-0.25, -0.2) is 15.0 Å². The van der Waals surface area contributed by atoms with Crippen molar-refractivity contribution in [2.75, 3.05) is 0 Å². The third-order valence-corrected chi connectivity index (χ3v) is 3.71. The van der Waals surface area contributed by atoms with Gasteiger partial charge in [0, 0.05) is 36.4 Å². The summed E-state index contributed by atoms with van der Waals surface area (Å²) >= 11 is 0. The largest absolute Gasteiger partial charge is 0.471 e. The van der Waals surface area contributed by atoms with Gasteiger partial charge in [0.1, 0.15) is 6.61 Å². The van der Waals surface area contributed by atoms with Gasteiger partial charge < -0.3 is 4.74 Å². The molecule has 4 aromatic rings. The molecule has 0 spiro atoms. The van der Waals surface area contributed by atoms with Gasteiger partial charge in [0.05, 0.1) is 17.3 Å². The van der Waals surface area contributed by atoms with Crippen LogP contribution in [0.1, 0.15) is 11.3 Å². The molecular formula is C19H13N5O. The number of pyridine rings is 1. The van der Waals surface area contributed by atoms with Gasteiger partial charge in [-0.3, -0.25) is 4.40 Å². The normalized spacial score (nSPS) is 10.5. The van der Waals surface area contributed by atoms with E-state index in [1.54, 1.807) is 30.6 Å². The third kappa shape index (κ3) is 3.16. The number of benzene rings is 1. The zero-order chi connectivity index (χ0) is 17.1. The van der Waals surface area contributed by atoms with E-state index in [2.05, 4.69) is 21.0 Å². The number of imidazole rings is 1. The molecule has 3 heterocycles. The van der Waals surface area contributed by atoms with Crippen molar-refractivity contribution in [3.8, 4) is 23.1 Å². The lowest BCUT2D eigenvalue weighted by atomic mass is 10.1. The van der Waals surface area contributed by atoms with Crippen molar-refractivity contribution in [1.29, 1.82) is 5.26 Å². The zero-order valence-electron chi connectivity index (χ0n) is 13.2. The van der Waals surface area contributed by atoms with Crippen LogP contribution in [0.15, 0.2) is 67.3 Å². The molecule has 25 heavy (non-hydrogen) atoms. The van der Waals surface area contributed by atoms with Gasteiger partial charge in [0.15, 0.2) is 0 Å². The van der Waals surface area contributed by atoms with Crippen LogP contribution in [-0.4, -0.2) is 19.4 Å². The predicted molar refractivity (Wildman–Crippen MR) is 91.7 cm³/mol. The van der Waals surface area contributed by atoms with E-state index in [0.717, 1.165) is 16.8 Å². The standard InChI is InChI=1S/C19H13N5O/c20-9-14-4-6-15(7-5-14)16-10-22-19-23-17(12-24(19)11-16)13-25-18-3-1-2-8-21-18/h1-8,10-12H,13H2. The molecule has 3 aromatic heterocycles. The number of nitrogens with zero attached hydrogens (tertiary/aromatic N) is 5. The molecule has 0 atom stereocenters. The van der Waals surface area contributed by atoms with Gasteiger partial charge in [-0.2, -0.15) is 5.26 Å². The van der Waals surface area contributed by atoms with Gasteiger partial charge in [-0.15, -0.1) is 0 Å². The minimum atomic E-state index is 0.326. The van der Waals surface area contributed by atoms with E-state index >= 15 is 0 Å². The second-order valence-electron chi connectivity index (χ2n) is 5.43. The molecule has 0 aliphatic carbocycles. The fraction of sp³-hybridized carbons (Fsp3) is 0.0526. The highest BCUT2D eigenvalue weighted by Crippen LogP contribution is 2.19. The second-order valence-corrected chi connectivity index (χ2v) is 5.43. The summed E-state index contributed by atoms with van der Waals surface area (Å²) in [6, 6.07) is 15.0. The molecular weight excluding hydrogens is 314 g/mol. The smallest absolute Gasteiger partial charge is 0.234 e. The Bertz CT molecular complexity index is 1050. The SMILES string of the molecule is N#Cc1ccc(-c2cnc3nc(COc4ccccn4)cn3c2)cc1. The molecule has 0 fully saturated rings. The molecule has 1 aromatic carbocycles. The van der Waals surface area contributed by atoms with Crippen LogP contribution in [0.25, 0.3) is 16.9 Å². The molecule has 6 nitrogen and oxygen atoms in total. The van der Waals surface area contributed by atoms with Crippen LogP contribution in [0.5, 0.6) is 5.88 Å². The van der Waals surface area contributed by atoms with Gasteiger partial charge in [0.2, 0.25) is 11.7 Å². The Morgan fingerprint density at radius 3 is 2.64 bits per heavy atom. The third-order valence-electron chi connectivity index (χ3n) is 3.71. The van der Waals surface area contributed by atoms with Crippen LogP contribution in [0.3, 0.4) is 0 Å². The minimum absolute atomic E-state index is 0.326. The predicted octanol–water partition coefficient (Wildman–Crippen LogP) is 3.24. The zero-order valence-corrected chi connectivity index (χ0v) is 13.2. The highest BCUT2D eigenvalue weighted by atomic mass is 16.5.